The van der Waals surface area contributed by atoms with Crippen LogP contribution >= 0.6 is 11.6 Å². The predicted molar refractivity (Wildman–Crippen MR) is 51.7 cm³/mol. The van der Waals surface area contributed by atoms with E-state index in [2.05, 4.69) is 0 Å². The van der Waals surface area contributed by atoms with E-state index in [0.717, 1.165) is 0 Å². The zero-order valence-corrected chi connectivity index (χ0v) is 8.84. The molecule has 1 unspecified atom stereocenters. The molecule has 0 spiro atoms. The molecule has 1 aliphatic rings. The van der Waals surface area contributed by atoms with Crippen LogP contribution in [0.1, 0.15) is 20.3 Å². The number of hydrogen-bond donors (Lipinski definition) is 1. The van der Waals surface area contributed by atoms with Gasteiger partial charge in [0.05, 0.1) is 5.60 Å². The Morgan fingerprint density at radius 3 is 2.69 bits per heavy atom. The first-order chi connectivity index (χ1) is 5.92. The minimum absolute atomic E-state index is 0.104. The smallest absolute Gasteiger partial charge is 0.223 e. The summed E-state index contributed by atoms with van der Waals surface area (Å²) in [5.74, 6) is 0.887. The predicted octanol–water partition coefficient (Wildman–Crippen LogP) is 0.845. The maximum atomic E-state index is 11.4. The maximum absolute atomic E-state index is 11.4. The molecule has 0 aromatic rings. The summed E-state index contributed by atoms with van der Waals surface area (Å²) in [5.41, 5.74) is -0.809. The fourth-order valence-corrected chi connectivity index (χ4v) is 1.78. The highest BCUT2D eigenvalue weighted by Crippen LogP contribution is 2.20. The van der Waals surface area contributed by atoms with Gasteiger partial charge in [-0.25, -0.2) is 0 Å². The van der Waals surface area contributed by atoms with Crippen LogP contribution < -0.4 is 0 Å². The number of nitrogens with zero attached hydrogens (tertiary/aromatic N) is 1. The van der Waals surface area contributed by atoms with Crippen LogP contribution in [0.15, 0.2) is 0 Å². The van der Waals surface area contributed by atoms with E-state index in [1.54, 1.807) is 18.7 Å². The number of carbonyl (C=O) groups is 1. The SMILES string of the molecule is CC(C)(O)CN1CC(CCl)CC1=O. The molecule has 1 N–H and O–H groups in total. The lowest BCUT2D eigenvalue weighted by molar-refractivity contribution is -0.130. The summed E-state index contributed by atoms with van der Waals surface area (Å²) < 4.78 is 0. The van der Waals surface area contributed by atoms with E-state index in [9.17, 15) is 9.90 Å². The molecule has 1 rings (SSSR count). The minimum Gasteiger partial charge on any atom is -0.389 e. The zero-order chi connectivity index (χ0) is 10.1. The Morgan fingerprint density at radius 2 is 2.31 bits per heavy atom. The van der Waals surface area contributed by atoms with Gasteiger partial charge < -0.3 is 10.0 Å². The van der Waals surface area contributed by atoms with Gasteiger partial charge in [-0.2, -0.15) is 0 Å². The van der Waals surface area contributed by atoms with Crippen LogP contribution in [0, 0.1) is 5.92 Å². The second kappa shape index (κ2) is 3.84. The highest BCUT2D eigenvalue weighted by molar-refractivity contribution is 6.18. The van der Waals surface area contributed by atoms with Crippen molar-refractivity contribution in [2.75, 3.05) is 19.0 Å². The largest absolute Gasteiger partial charge is 0.389 e. The Morgan fingerprint density at radius 1 is 1.69 bits per heavy atom. The van der Waals surface area contributed by atoms with Gasteiger partial charge in [-0.05, 0) is 19.8 Å². The monoisotopic (exact) mass is 205 g/mol. The molecule has 0 aromatic carbocycles. The van der Waals surface area contributed by atoms with Crippen molar-refractivity contribution in [2.24, 2.45) is 5.92 Å². The van der Waals surface area contributed by atoms with Gasteiger partial charge >= 0.3 is 0 Å². The molecule has 1 heterocycles. The molecule has 3 nitrogen and oxygen atoms in total. The average molecular weight is 206 g/mol. The molecule has 1 atom stereocenters. The topological polar surface area (TPSA) is 40.5 Å². The standard InChI is InChI=1S/C9H16ClNO2/c1-9(2,13)6-11-5-7(4-10)3-8(11)12/h7,13H,3-6H2,1-2H3. The molecule has 0 saturated carbocycles. The van der Waals surface area contributed by atoms with Gasteiger partial charge in [0.15, 0.2) is 0 Å². The molecule has 4 heteroatoms. The minimum atomic E-state index is -0.809. The van der Waals surface area contributed by atoms with Crippen molar-refractivity contribution < 1.29 is 9.90 Å². The van der Waals surface area contributed by atoms with Gasteiger partial charge in [-0.3, -0.25) is 4.79 Å². The summed E-state index contributed by atoms with van der Waals surface area (Å²) in [7, 11) is 0. The number of halogens is 1. The van der Waals surface area contributed by atoms with Crippen molar-refractivity contribution in [3.63, 3.8) is 0 Å². The summed E-state index contributed by atoms with van der Waals surface area (Å²) in [5, 5.41) is 9.53. The van der Waals surface area contributed by atoms with Gasteiger partial charge in [0.1, 0.15) is 0 Å². The van der Waals surface area contributed by atoms with Gasteiger partial charge in [0, 0.05) is 25.4 Å². The van der Waals surface area contributed by atoms with Gasteiger partial charge in [0.2, 0.25) is 5.91 Å². The first-order valence-electron chi connectivity index (χ1n) is 4.48. The number of hydrogen-bond acceptors (Lipinski definition) is 2. The van der Waals surface area contributed by atoms with Crippen molar-refractivity contribution in [3.8, 4) is 0 Å². The zero-order valence-electron chi connectivity index (χ0n) is 8.09. The summed E-state index contributed by atoms with van der Waals surface area (Å²) in [6, 6.07) is 0. The van der Waals surface area contributed by atoms with E-state index in [-0.39, 0.29) is 11.8 Å². The third kappa shape index (κ3) is 3.16. The quantitative estimate of drug-likeness (QED) is 0.694. The summed E-state index contributed by atoms with van der Waals surface area (Å²) in [4.78, 5) is 13.1. The average Bonchev–Trinajstić information content (AvgIpc) is 2.29. The highest BCUT2D eigenvalue weighted by atomic mass is 35.5. The normalized spacial score (nSPS) is 24.2. The van der Waals surface area contributed by atoms with E-state index in [1.807, 2.05) is 0 Å². The Labute approximate surface area is 83.7 Å². The lowest BCUT2D eigenvalue weighted by atomic mass is 10.1. The summed E-state index contributed by atoms with van der Waals surface area (Å²) >= 11 is 5.67. The van der Waals surface area contributed by atoms with Crippen LogP contribution in [0.2, 0.25) is 0 Å². The molecule has 0 aromatic heterocycles. The maximum Gasteiger partial charge on any atom is 0.223 e. The van der Waals surface area contributed by atoms with Gasteiger partial charge in [-0.15, -0.1) is 11.6 Å². The molecule has 1 amide bonds. The number of amides is 1. The van der Waals surface area contributed by atoms with Crippen molar-refractivity contribution in [1.29, 1.82) is 0 Å². The molecule has 0 aliphatic carbocycles. The van der Waals surface area contributed by atoms with E-state index < -0.39 is 5.60 Å². The molecular weight excluding hydrogens is 190 g/mol. The van der Waals surface area contributed by atoms with E-state index in [0.29, 0.717) is 25.4 Å². The number of β-amino-alcohol motifs (C(OH)–C–C–N with tert-alkyl or cyclic N) is 1. The number of carbonyl (C=O) groups excluding carboxylic acids is 1. The van der Waals surface area contributed by atoms with Crippen molar-refractivity contribution in [1.82, 2.24) is 4.90 Å². The molecule has 0 radical (unpaired) electrons. The molecular formula is C9H16ClNO2. The Bertz CT molecular complexity index is 200. The molecule has 1 aliphatic heterocycles. The van der Waals surface area contributed by atoms with Crippen LogP contribution in [0.5, 0.6) is 0 Å². The van der Waals surface area contributed by atoms with Crippen LogP contribution in [0.25, 0.3) is 0 Å². The van der Waals surface area contributed by atoms with Crippen LogP contribution in [0.3, 0.4) is 0 Å². The number of rotatable bonds is 3. The number of alkyl halides is 1. The Kier molecular flexibility index (Phi) is 3.19. The van der Waals surface area contributed by atoms with E-state index in [4.69, 9.17) is 11.6 Å². The Balaban J connectivity index is 2.49. The highest BCUT2D eigenvalue weighted by Gasteiger charge is 2.31. The number of aliphatic hydroxyl groups is 1. The molecule has 76 valence electrons. The first-order valence-corrected chi connectivity index (χ1v) is 5.02. The van der Waals surface area contributed by atoms with Crippen LogP contribution in [-0.2, 0) is 4.79 Å². The second-order valence-electron chi connectivity index (χ2n) is 4.31. The first kappa shape index (κ1) is 10.8. The lowest BCUT2D eigenvalue weighted by Crippen LogP contribution is -2.39. The number of likely N-dealkylation sites (tertiary alicyclic amines) is 1. The van der Waals surface area contributed by atoms with Crippen LogP contribution in [0.4, 0.5) is 0 Å². The van der Waals surface area contributed by atoms with E-state index >= 15 is 0 Å². The third-order valence-corrected chi connectivity index (χ3v) is 2.53. The molecule has 0 bridgehead atoms. The molecule has 13 heavy (non-hydrogen) atoms. The van der Waals surface area contributed by atoms with Gasteiger partial charge in [0.25, 0.3) is 0 Å². The van der Waals surface area contributed by atoms with Gasteiger partial charge in [-0.1, -0.05) is 0 Å². The molecule has 1 saturated heterocycles. The summed E-state index contributed by atoms with van der Waals surface area (Å²) in [6.07, 6.45) is 0.527. The fraction of sp³-hybridized carbons (Fsp3) is 0.889. The van der Waals surface area contributed by atoms with Crippen molar-refractivity contribution in [2.45, 2.75) is 25.9 Å². The Hall–Kier alpha value is -0.280. The van der Waals surface area contributed by atoms with Crippen molar-refractivity contribution in [3.05, 3.63) is 0 Å². The van der Waals surface area contributed by atoms with E-state index in [1.165, 1.54) is 0 Å². The third-order valence-electron chi connectivity index (χ3n) is 2.09. The van der Waals surface area contributed by atoms with Crippen LogP contribution in [-0.4, -0.2) is 40.5 Å². The van der Waals surface area contributed by atoms with Crippen molar-refractivity contribution >= 4 is 17.5 Å². The second-order valence-corrected chi connectivity index (χ2v) is 4.62. The lowest BCUT2D eigenvalue weighted by Gasteiger charge is -2.25. The fourth-order valence-electron chi connectivity index (χ4n) is 1.58. The molecule has 1 fully saturated rings. The summed E-state index contributed by atoms with van der Waals surface area (Å²) in [6.45, 7) is 4.49.